The summed E-state index contributed by atoms with van der Waals surface area (Å²) in [6.45, 7) is 0. The van der Waals surface area contributed by atoms with Crippen molar-refractivity contribution in [1.82, 2.24) is 0 Å². The predicted octanol–water partition coefficient (Wildman–Crippen LogP) is 0.588. The van der Waals surface area contributed by atoms with Gasteiger partial charge in [0.05, 0.1) is 6.07 Å². The first-order valence-corrected chi connectivity index (χ1v) is 3.91. The highest BCUT2D eigenvalue weighted by Crippen LogP contribution is 2.25. The number of aromatic hydroxyl groups is 1. The SMILES string of the molecule is N#CC(O)C(O)c1cc(O)c(F)c(F)c1. The van der Waals surface area contributed by atoms with Gasteiger partial charge in [-0.1, -0.05) is 0 Å². The number of phenols is 1. The first-order valence-electron chi connectivity index (χ1n) is 3.91. The van der Waals surface area contributed by atoms with E-state index in [0.717, 1.165) is 6.07 Å². The summed E-state index contributed by atoms with van der Waals surface area (Å²) in [4.78, 5) is 0. The second-order valence-electron chi connectivity index (χ2n) is 2.85. The zero-order chi connectivity index (χ0) is 11.6. The monoisotopic (exact) mass is 215 g/mol. The van der Waals surface area contributed by atoms with Gasteiger partial charge in [0.15, 0.2) is 23.5 Å². The van der Waals surface area contributed by atoms with Crippen LogP contribution in [-0.4, -0.2) is 21.4 Å². The number of halogens is 2. The van der Waals surface area contributed by atoms with Crippen LogP contribution in [0.5, 0.6) is 5.75 Å². The van der Waals surface area contributed by atoms with Crippen LogP contribution in [-0.2, 0) is 0 Å². The quantitative estimate of drug-likeness (QED) is 0.630. The summed E-state index contributed by atoms with van der Waals surface area (Å²) >= 11 is 0. The Labute approximate surface area is 83.6 Å². The second kappa shape index (κ2) is 4.21. The summed E-state index contributed by atoms with van der Waals surface area (Å²) in [6.07, 6.45) is -3.47. The van der Waals surface area contributed by atoms with Crippen molar-refractivity contribution >= 4 is 0 Å². The summed E-state index contributed by atoms with van der Waals surface area (Å²) in [5.74, 6) is -3.80. The van der Waals surface area contributed by atoms with Gasteiger partial charge in [-0.25, -0.2) is 4.39 Å². The normalized spacial score (nSPS) is 14.3. The first kappa shape index (κ1) is 11.4. The molecule has 0 amide bonds. The van der Waals surface area contributed by atoms with E-state index < -0.39 is 29.6 Å². The Kier molecular flexibility index (Phi) is 3.19. The Balaban J connectivity index is 3.12. The van der Waals surface area contributed by atoms with E-state index in [2.05, 4.69) is 0 Å². The minimum Gasteiger partial charge on any atom is -0.505 e. The average Bonchev–Trinajstić information content (AvgIpc) is 2.23. The summed E-state index contributed by atoms with van der Waals surface area (Å²) < 4.78 is 25.4. The van der Waals surface area contributed by atoms with E-state index in [0.29, 0.717) is 6.07 Å². The highest BCUT2D eigenvalue weighted by atomic mass is 19.2. The maximum absolute atomic E-state index is 12.8. The van der Waals surface area contributed by atoms with Crippen LogP contribution in [0.1, 0.15) is 11.7 Å². The van der Waals surface area contributed by atoms with Crippen LogP contribution in [0.2, 0.25) is 0 Å². The maximum Gasteiger partial charge on any atom is 0.200 e. The lowest BCUT2D eigenvalue weighted by molar-refractivity contribution is 0.0523. The minimum absolute atomic E-state index is 0.277. The number of aliphatic hydroxyl groups is 2. The van der Waals surface area contributed by atoms with Crippen LogP contribution >= 0.6 is 0 Å². The molecule has 0 aromatic heterocycles. The standard InChI is InChI=1S/C9H7F2NO3/c10-5-1-4(2-6(13)8(5)11)9(15)7(14)3-12/h1-2,7,9,13-15H. The summed E-state index contributed by atoms with van der Waals surface area (Å²) in [7, 11) is 0. The molecule has 4 nitrogen and oxygen atoms in total. The third-order valence-corrected chi connectivity index (χ3v) is 1.80. The van der Waals surface area contributed by atoms with E-state index in [1.54, 1.807) is 0 Å². The number of nitriles is 1. The molecule has 3 N–H and O–H groups in total. The highest BCUT2D eigenvalue weighted by molar-refractivity contribution is 5.32. The summed E-state index contributed by atoms with van der Waals surface area (Å²) in [6, 6.07) is 2.66. The van der Waals surface area contributed by atoms with Crippen molar-refractivity contribution in [2.45, 2.75) is 12.2 Å². The molecule has 1 aromatic carbocycles. The van der Waals surface area contributed by atoms with Gasteiger partial charge in [0, 0.05) is 0 Å². The van der Waals surface area contributed by atoms with Gasteiger partial charge >= 0.3 is 0 Å². The lowest BCUT2D eigenvalue weighted by Gasteiger charge is -2.12. The molecule has 0 saturated carbocycles. The molecule has 0 radical (unpaired) electrons. The fourth-order valence-electron chi connectivity index (χ4n) is 1.02. The molecular formula is C9H7F2NO3. The molecule has 0 fully saturated rings. The maximum atomic E-state index is 12.8. The Morgan fingerprint density at radius 3 is 2.33 bits per heavy atom. The highest BCUT2D eigenvalue weighted by Gasteiger charge is 2.21. The van der Waals surface area contributed by atoms with Gasteiger partial charge in [-0.15, -0.1) is 0 Å². The minimum atomic E-state index is -1.77. The molecule has 1 aromatic rings. The first-order chi connectivity index (χ1) is 6.97. The van der Waals surface area contributed by atoms with Gasteiger partial charge < -0.3 is 15.3 Å². The third kappa shape index (κ3) is 2.21. The lowest BCUT2D eigenvalue weighted by atomic mass is 10.0. The zero-order valence-corrected chi connectivity index (χ0v) is 7.35. The van der Waals surface area contributed by atoms with E-state index >= 15 is 0 Å². The van der Waals surface area contributed by atoms with Crippen molar-refractivity contribution in [2.75, 3.05) is 0 Å². The predicted molar refractivity (Wildman–Crippen MR) is 44.6 cm³/mol. The molecule has 80 valence electrons. The Hall–Kier alpha value is -1.71. The van der Waals surface area contributed by atoms with Crippen molar-refractivity contribution in [3.63, 3.8) is 0 Å². The summed E-state index contributed by atoms with van der Waals surface area (Å²) in [5, 5.41) is 35.3. The lowest BCUT2D eigenvalue weighted by Crippen LogP contribution is -2.16. The average molecular weight is 215 g/mol. The molecule has 15 heavy (non-hydrogen) atoms. The molecule has 0 aliphatic rings. The van der Waals surface area contributed by atoms with E-state index in [1.807, 2.05) is 0 Å². The number of hydrogen-bond acceptors (Lipinski definition) is 4. The number of aliphatic hydroxyl groups excluding tert-OH is 2. The number of nitrogens with zero attached hydrogens (tertiary/aromatic N) is 1. The van der Waals surface area contributed by atoms with Crippen molar-refractivity contribution in [2.24, 2.45) is 0 Å². The van der Waals surface area contributed by atoms with Crippen LogP contribution in [0, 0.1) is 23.0 Å². The molecule has 1 rings (SSSR count). The van der Waals surface area contributed by atoms with Crippen LogP contribution in [0.25, 0.3) is 0 Å². The molecule has 0 aliphatic heterocycles. The van der Waals surface area contributed by atoms with Gasteiger partial charge in [-0.2, -0.15) is 9.65 Å². The van der Waals surface area contributed by atoms with E-state index in [9.17, 15) is 13.9 Å². The van der Waals surface area contributed by atoms with E-state index in [1.165, 1.54) is 6.07 Å². The van der Waals surface area contributed by atoms with Crippen molar-refractivity contribution in [3.05, 3.63) is 29.3 Å². The fraction of sp³-hybridized carbons (Fsp3) is 0.222. The molecule has 2 unspecified atom stereocenters. The van der Waals surface area contributed by atoms with Crippen LogP contribution in [0.4, 0.5) is 8.78 Å². The smallest absolute Gasteiger partial charge is 0.200 e. The molecule has 0 heterocycles. The van der Waals surface area contributed by atoms with Crippen LogP contribution in [0.3, 0.4) is 0 Å². The molecule has 0 bridgehead atoms. The van der Waals surface area contributed by atoms with Crippen molar-refractivity contribution in [3.8, 4) is 11.8 Å². The molecule has 0 aliphatic carbocycles. The number of hydrogen-bond donors (Lipinski definition) is 3. The van der Waals surface area contributed by atoms with Gasteiger partial charge in [0.1, 0.15) is 6.10 Å². The van der Waals surface area contributed by atoms with Crippen LogP contribution in [0.15, 0.2) is 12.1 Å². The number of phenolic OH excluding ortho intramolecular Hbond substituents is 1. The largest absolute Gasteiger partial charge is 0.505 e. The van der Waals surface area contributed by atoms with Gasteiger partial charge in [0.2, 0.25) is 0 Å². The second-order valence-corrected chi connectivity index (χ2v) is 2.85. The molecule has 6 heteroatoms. The molecule has 0 spiro atoms. The number of benzene rings is 1. The Morgan fingerprint density at radius 1 is 1.27 bits per heavy atom. The number of rotatable bonds is 2. The van der Waals surface area contributed by atoms with E-state index in [4.69, 9.17) is 15.5 Å². The van der Waals surface area contributed by atoms with Crippen molar-refractivity contribution in [1.29, 1.82) is 5.26 Å². The van der Waals surface area contributed by atoms with Gasteiger partial charge in [-0.05, 0) is 17.7 Å². The van der Waals surface area contributed by atoms with Gasteiger partial charge in [-0.3, -0.25) is 0 Å². The molecule has 0 saturated heterocycles. The topological polar surface area (TPSA) is 84.5 Å². The molecule has 2 atom stereocenters. The van der Waals surface area contributed by atoms with Crippen LogP contribution < -0.4 is 0 Å². The third-order valence-electron chi connectivity index (χ3n) is 1.80. The Morgan fingerprint density at radius 2 is 1.87 bits per heavy atom. The summed E-state index contributed by atoms with van der Waals surface area (Å²) in [5.41, 5.74) is -0.277. The fourth-order valence-corrected chi connectivity index (χ4v) is 1.02. The zero-order valence-electron chi connectivity index (χ0n) is 7.35. The molecular weight excluding hydrogens is 208 g/mol. The van der Waals surface area contributed by atoms with Crippen molar-refractivity contribution < 1.29 is 24.1 Å². The van der Waals surface area contributed by atoms with E-state index in [-0.39, 0.29) is 5.56 Å². The Bertz CT molecular complexity index is 393. The van der Waals surface area contributed by atoms with Gasteiger partial charge in [0.25, 0.3) is 0 Å².